The van der Waals surface area contributed by atoms with E-state index in [1.165, 1.54) is 6.07 Å². The van der Waals surface area contributed by atoms with Crippen molar-refractivity contribution in [3.63, 3.8) is 0 Å². The third kappa shape index (κ3) is 3.75. The first kappa shape index (κ1) is 14.0. The standard InChI is InChI=1S/C13H11BrClN3O/c1-2-10-5-8(6-11(15)17-10)13(19)18-12-7-9(14)3-4-16-12/h3-7H,2H2,1H3,(H,16,18,19). The van der Waals surface area contributed by atoms with Gasteiger partial charge in [0, 0.05) is 21.9 Å². The Kier molecular flexibility index (Phi) is 4.50. The van der Waals surface area contributed by atoms with Crippen LogP contribution >= 0.6 is 27.5 Å². The first-order valence-corrected chi connectivity index (χ1v) is 6.85. The van der Waals surface area contributed by atoms with Crippen LogP contribution in [0.4, 0.5) is 5.82 Å². The maximum atomic E-state index is 12.1. The molecule has 1 amide bonds. The van der Waals surface area contributed by atoms with Crippen LogP contribution in [0.15, 0.2) is 34.9 Å². The molecule has 6 heteroatoms. The number of pyridine rings is 2. The van der Waals surface area contributed by atoms with Gasteiger partial charge < -0.3 is 5.32 Å². The van der Waals surface area contributed by atoms with Crippen molar-refractivity contribution in [3.05, 3.63) is 51.3 Å². The van der Waals surface area contributed by atoms with Crippen molar-refractivity contribution < 1.29 is 4.79 Å². The molecule has 2 aromatic rings. The molecule has 0 aliphatic rings. The zero-order valence-electron chi connectivity index (χ0n) is 10.2. The molecule has 2 aromatic heterocycles. The summed E-state index contributed by atoms with van der Waals surface area (Å²) >= 11 is 9.21. The first-order chi connectivity index (χ1) is 9.08. The molecule has 0 radical (unpaired) electrons. The largest absolute Gasteiger partial charge is 0.307 e. The van der Waals surface area contributed by atoms with Gasteiger partial charge in [0.1, 0.15) is 11.0 Å². The molecule has 98 valence electrons. The molecule has 19 heavy (non-hydrogen) atoms. The Balaban J connectivity index is 2.22. The average Bonchev–Trinajstić information content (AvgIpc) is 2.38. The van der Waals surface area contributed by atoms with Gasteiger partial charge in [-0.3, -0.25) is 4.79 Å². The Morgan fingerprint density at radius 1 is 1.42 bits per heavy atom. The van der Waals surface area contributed by atoms with Gasteiger partial charge in [0.15, 0.2) is 0 Å². The number of rotatable bonds is 3. The SMILES string of the molecule is CCc1cc(C(=O)Nc2cc(Br)ccn2)cc(Cl)n1. The Bertz CT molecular complexity index is 619. The predicted octanol–water partition coefficient (Wildman–Crippen LogP) is 3.71. The van der Waals surface area contributed by atoms with E-state index in [0.717, 1.165) is 16.6 Å². The van der Waals surface area contributed by atoms with Gasteiger partial charge in [-0.2, -0.15) is 0 Å². The maximum Gasteiger partial charge on any atom is 0.256 e. The maximum absolute atomic E-state index is 12.1. The quantitative estimate of drug-likeness (QED) is 0.867. The van der Waals surface area contributed by atoms with Crippen molar-refractivity contribution in [3.8, 4) is 0 Å². The van der Waals surface area contributed by atoms with Crippen LogP contribution < -0.4 is 5.32 Å². The van der Waals surface area contributed by atoms with E-state index < -0.39 is 0 Å². The molecular formula is C13H11BrClN3O. The number of nitrogens with one attached hydrogen (secondary N) is 1. The third-order valence-corrected chi connectivity index (χ3v) is 3.12. The number of anilines is 1. The van der Waals surface area contributed by atoms with Crippen LogP contribution in [0.2, 0.25) is 5.15 Å². The highest BCUT2D eigenvalue weighted by atomic mass is 79.9. The number of halogens is 2. The molecule has 2 heterocycles. The third-order valence-electron chi connectivity index (χ3n) is 2.44. The predicted molar refractivity (Wildman–Crippen MR) is 78.5 cm³/mol. The Morgan fingerprint density at radius 2 is 2.21 bits per heavy atom. The minimum absolute atomic E-state index is 0.260. The second-order valence-corrected chi connectivity index (χ2v) is 5.14. The Morgan fingerprint density at radius 3 is 2.89 bits per heavy atom. The van der Waals surface area contributed by atoms with Crippen molar-refractivity contribution in [2.24, 2.45) is 0 Å². The molecule has 0 spiro atoms. The molecule has 0 atom stereocenters. The summed E-state index contributed by atoms with van der Waals surface area (Å²) in [6, 6.07) is 6.77. The highest BCUT2D eigenvalue weighted by Gasteiger charge is 2.10. The van der Waals surface area contributed by atoms with E-state index in [-0.39, 0.29) is 5.91 Å². The zero-order chi connectivity index (χ0) is 13.8. The topological polar surface area (TPSA) is 54.9 Å². The normalized spacial score (nSPS) is 10.3. The van der Waals surface area contributed by atoms with Gasteiger partial charge in [-0.1, -0.05) is 34.5 Å². The van der Waals surface area contributed by atoms with E-state index >= 15 is 0 Å². The highest BCUT2D eigenvalue weighted by Crippen LogP contribution is 2.16. The van der Waals surface area contributed by atoms with Crippen LogP contribution in [0.3, 0.4) is 0 Å². The number of carbonyl (C=O) groups is 1. The van der Waals surface area contributed by atoms with Crippen LogP contribution in [-0.2, 0) is 6.42 Å². The lowest BCUT2D eigenvalue weighted by Crippen LogP contribution is -2.13. The fourth-order valence-corrected chi connectivity index (χ4v) is 2.09. The molecule has 0 aromatic carbocycles. The Labute approximate surface area is 124 Å². The van der Waals surface area contributed by atoms with E-state index in [1.54, 1.807) is 24.4 Å². The molecule has 0 saturated carbocycles. The number of carbonyl (C=O) groups excluding carboxylic acids is 1. The smallest absolute Gasteiger partial charge is 0.256 e. The molecule has 2 rings (SSSR count). The number of amides is 1. The summed E-state index contributed by atoms with van der Waals surface area (Å²) in [7, 11) is 0. The van der Waals surface area contributed by atoms with E-state index in [0.29, 0.717) is 16.5 Å². The van der Waals surface area contributed by atoms with Crippen molar-refractivity contribution in [2.75, 3.05) is 5.32 Å². The van der Waals surface area contributed by atoms with Gasteiger partial charge in [-0.25, -0.2) is 9.97 Å². The highest BCUT2D eigenvalue weighted by molar-refractivity contribution is 9.10. The molecule has 0 saturated heterocycles. The van der Waals surface area contributed by atoms with Crippen LogP contribution in [0, 0.1) is 0 Å². The van der Waals surface area contributed by atoms with Crippen LogP contribution in [-0.4, -0.2) is 15.9 Å². The molecule has 0 aliphatic carbocycles. The number of hydrogen-bond donors (Lipinski definition) is 1. The molecule has 0 fully saturated rings. The minimum Gasteiger partial charge on any atom is -0.307 e. The Hall–Kier alpha value is -1.46. The molecule has 4 nitrogen and oxygen atoms in total. The van der Waals surface area contributed by atoms with Crippen molar-refractivity contribution in [2.45, 2.75) is 13.3 Å². The van der Waals surface area contributed by atoms with E-state index in [2.05, 4.69) is 31.2 Å². The van der Waals surface area contributed by atoms with Gasteiger partial charge in [-0.05, 0) is 30.7 Å². The van der Waals surface area contributed by atoms with Crippen LogP contribution in [0.5, 0.6) is 0 Å². The summed E-state index contributed by atoms with van der Waals surface area (Å²) < 4.78 is 0.847. The van der Waals surface area contributed by atoms with Gasteiger partial charge in [0.2, 0.25) is 0 Å². The lowest BCUT2D eigenvalue weighted by atomic mass is 10.2. The van der Waals surface area contributed by atoms with E-state index in [4.69, 9.17) is 11.6 Å². The molecular weight excluding hydrogens is 330 g/mol. The summed E-state index contributed by atoms with van der Waals surface area (Å²) in [5.41, 5.74) is 1.25. The summed E-state index contributed by atoms with van der Waals surface area (Å²) in [5.74, 6) is 0.218. The first-order valence-electron chi connectivity index (χ1n) is 5.68. The van der Waals surface area contributed by atoms with Gasteiger partial charge in [-0.15, -0.1) is 0 Å². The second kappa shape index (κ2) is 6.12. The molecule has 0 bridgehead atoms. The average molecular weight is 341 g/mol. The summed E-state index contributed by atoms with van der Waals surface area (Å²) in [6.07, 6.45) is 2.33. The molecule has 1 N–H and O–H groups in total. The zero-order valence-corrected chi connectivity index (χ0v) is 12.5. The van der Waals surface area contributed by atoms with Gasteiger partial charge in [0.05, 0.1) is 0 Å². The summed E-state index contributed by atoms with van der Waals surface area (Å²) in [4.78, 5) is 20.3. The minimum atomic E-state index is -0.260. The molecule has 0 unspecified atom stereocenters. The summed E-state index contributed by atoms with van der Waals surface area (Å²) in [6.45, 7) is 1.95. The summed E-state index contributed by atoms with van der Waals surface area (Å²) in [5, 5.41) is 3.02. The van der Waals surface area contributed by atoms with Gasteiger partial charge >= 0.3 is 0 Å². The van der Waals surface area contributed by atoms with E-state index in [9.17, 15) is 4.79 Å². The molecule has 0 aliphatic heterocycles. The van der Waals surface area contributed by atoms with E-state index in [1.807, 2.05) is 6.92 Å². The fourth-order valence-electron chi connectivity index (χ4n) is 1.53. The second-order valence-electron chi connectivity index (χ2n) is 3.84. The number of hydrogen-bond acceptors (Lipinski definition) is 3. The number of nitrogens with zero attached hydrogens (tertiary/aromatic N) is 2. The number of aromatic nitrogens is 2. The van der Waals surface area contributed by atoms with Crippen molar-refractivity contribution in [1.82, 2.24) is 9.97 Å². The number of aryl methyl sites for hydroxylation is 1. The fraction of sp³-hybridized carbons (Fsp3) is 0.154. The van der Waals surface area contributed by atoms with Crippen LogP contribution in [0.1, 0.15) is 23.0 Å². The lowest BCUT2D eigenvalue weighted by Gasteiger charge is -2.06. The van der Waals surface area contributed by atoms with Crippen molar-refractivity contribution >= 4 is 39.3 Å². The lowest BCUT2D eigenvalue weighted by molar-refractivity contribution is 0.102. The monoisotopic (exact) mass is 339 g/mol. The van der Waals surface area contributed by atoms with Crippen LogP contribution in [0.25, 0.3) is 0 Å². The van der Waals surface area contributed by atoms with Crippen molar-refractivity contribution in [1.29, 1.82) is 0 Å². The van der Waals surface area contributed by atoms with Gasteiger partial charge in [0.25, 0.3) is 5.91 Å².